The summed E-state index contributed by atoms with van der Waals surface area (Å²) < 4.78 is 0. The second-order valence-corrected chi connectivity index (χ2v) is 6.49. The predicted molar refractivity (Wildman–Crippen MR) is 80.9 cm³/mol. The largest absolute Gasteiger partial charge is 0.353 e. The van der Waals surface area contributed by atoms with Crippen LogP contribution >= 0.6 is 11.6 Å². The van der Waals surface area contributed by atoms with Gasteiger partial charge in [-0.3, -0.25) is 4.79 Å². The molecule has 1 aliphatic carbocycles. The molecule has 20 heavy (non-hydrogen) atoms. The summed E-state index contributed by atoms with van der Waals surface area (Å²) in [4.78, 5) is 12.2. The minimum Gasteiger partial charge on any atom is -0.353 e. The molecular formula is C16H21ClN2O. The topological polar surface area (TPSA) is 41.1 Å². The van der Waals surface area contributed by atoms with Gasteiger partial charge in [0.25, 0.3) is 0 Å². The summed E-state index contributed by atoms with van der Waals surface area (Å²) in [5.41, 5.74) is 1.22. The first-order valence-electron chi connectivity index (χ1n) is 7.45. The van der Waals surface area contributed by atoms with Crippen LogP contribution in [0, 0.1) is 0 Å². The van der Waals surface area contributed by atoms with Crippen LogP contribution < -0.4 is 10.6 Å². The maximum atomic E-state index is 12.2. The Kier molecular flexibility index (Phi) is 3.99. The highest BCUT2D eigenvalue weighted by atomic mass is 35.5. The fourth-order valence-corrected chi connectivity index (χ4v) is 3.56. The molecule has 2 fully saturated rings. The van der Waals surface area contributed by atoms with E-state index in [4.69, 9.17) is 11.6 Å². The maximum Gasteiger partial charge on any atom is 0.224 e. The van der Waals surface area contributed by atoms with Crippen molar-refractivity contribution >= 4 is 17.5 Å². The lowest BCUT2D eigenvalue weighted by Gasteiger charge is -2.48. The Hall–Kier alpha value is -1.06. The van der Waals surface area contributed by atoms with Crippen LogP contribution in [-0.4, -0.2) is 24.0 Å². The van der Waals surface area contributed by atoms with Crippen molar-refractivity contribution in [2.75, 3.05) is 6.54 Å². The van der Waals surface area contributed by atoms with Gasteiger partial charge in [0, 0.05) is 16.6 Å². The van der Waals surface area contributed by atoms with E-state index in [1.165, 1.54) is 19.3 Å². The van der Waals surface area contributed by atoms with E-state index in [1.54, 1.807) is 0 Å². The molecule has 3 nitrogen and oxygen atoms in total. The third kappa shape index (κ3) is 2.99. The third-order valence-corrected chi connectivity index (χ3v) is 4.98. The first kappa shape index (κ1) is 13.9. The number of carbonyl (C=O) groups is 1. The number of piperidine rings is 1. The number of nitrogens with one attached hydrogen (secondary N) is 2. The molecule has 2 N–H and O–H groups in total. The average molecular weight is 293 g/mol. The molecule has 1 aromatic rings. The number of halogens is 1. The summed E-state index contributed by atoms with van der Waals surface area (Å²) in [6.07, 6.45) is 6.29. The zero-order valence-corrected chi connectivity index (χ0v) is 12.4. The molecule has 0 bridgehead atoms. The molecule has 2 aliphatic rings. The Bertz CT molecular complexity index is 499. The Balaban J connectivity index is 1.55. The van der Waals surface area contributed by atoms with Crippen molar-refractivity contribution in [1.29, 1.82) is 0 Å². The van der Waals surface area contributed by atoms with Gasteiger partial charge in [-0.15, -0.1) is 0 Å². The van der Waals surface area contributed by atoms with Gasteiger partial charge in [-0.25, -0.2) is 0 Å². The lowest BCUT2D eigenvalue weighted by atomic mass is 9.70. The average Bonchev–Trinajstić information content (AvgIpc) is 2.40. The molecule has 1 spiro atoms. The highest BCUT2D eigenvalue weighted by Gasteiger charge is 2.41. The summed E-state index contributed by atoms with van der Waals surface area (Å²) in [5, 5.41) is 7.47. The van der Waals surface area contributed by atoms with E-state index < -0.39 is 0 Å². The Morgan fingerprint density at radius 3 is 2.90 bits per heavy atom. The number of benzene rings is 1. The van der Waals surface area contributed by atoms with Crippen LogP contribution in [0.2, 0.25) is 5.02 Å². The highest BCUT2D eigenvalue weighted by molar-refractivity contribution is 6.31. The van der Waals surface area contributed by atoms with Crippen molar-refractivity contribution in [3.8, 4) is 0 Å². The Labute approximate surface area is 125 Å². The molecule has 1 unspecified atom stereocenters. The molecule has 108 valence electrons. The minimum atomic E-state index is 0.0828. The molecule has 1 aromatic carbocycles. The van der Waals surface area contributed by atoms with Gasteiger partial charge in [0.1, 0.15) is 0 Å². The van der Waals surface area contributed by atoms with Crippen molar-refractivity contribution in [3.63, 3.8) is 0 Å². The summed E-state index contributed by atoms with van der Waals surface area (Å²) in [6, 6.07) is 7.86. The standard InChI is InChI=1S/C16H21ClN2O/c17-14-5-2-1-4-12(14)10-15(20)19-13-6-9-18-16(11-13)7-3-8-16/h1-2,4-5,13,18H,3,6-11H2,(H,19,20). The van der Waals surface area contributed by atoms with Crippen molar-refractivity contribution in [2.24, 2.45) is 0 Å². The fraction of sp³-hybridized carbons (Fsp3) is 0.562. The molecule has 1 saturated heterocycles. The first-order chi connectivity index (χ1) is 9.67. The van der Waals surface area contributed by atoms with Crippen LogP contribution in [0.5, 0.6) is 0 Å². The Morgan fingerprint density at radius 2 is 2.20 bits per heavy atom. The Morgan fingerprint density at radius 1 is 1.40 bits per heavy atom. The number of rotatable bonds is 3. The van der Waals surface area contributed by atoms with Gasteiger partial charge < -0.3 is 10.6 Å². The first-order valence-corrected chi connectivity index (χ1v) is 7.82. The van der Waals surface area contributed by atoms with Crippen LogP contribution in [0.1, 0.15) is 37.7 Å². The smallest absolute Gasteiger partial charge is 0.224 e. The molecule has 1 heterocycles. The summed E-state index contributed by atoms with van der Waals surface area (Å²) in [6.45, 7) is 1.01. The van der Waals surface area contributed by atoms with Crippen molar-refractivity contribution in [3.05, 3.63) is 34.9 Å². The van der Waals surface area contributed by atoms with Gasteiger partial charge in [-0.05, 0) is 50.3 Å². The van der Waals surface area contributed by atoms with Crippen molar-refractivity contribution in [1.82, 2.24) is 10.6 Å². The predicted octanol–water partition coefficient (Wildman–Crippen LogP) is 2.67. The lowest BCUT2D eigenvalue weighted by molar-refractivity contribution is -0.121. The second kappa shape index (κ2) is 5.74. The molecule has 4 heteroatoms. The normalized spacial score (nSPS) is 24.1. The summed E-state index contributed by atoms with van der Waals surface area (Å²) >= 11 is 6.10. The second-order valence-electron chi connectivity index (χ2n) is 6.09. The number of hydrogen-bond donors (Lipinski definition) is 2. The van der Waals surface area contributed by atoms with Crippen LogP contribution in [-0.2, 0) is 11.2 Å². The molecule has 1 saturated carbocycles. The fourth-order valence-electron chi connectivity index (χ4n) is 3.36. The minimum absolute atomic E-state index is 0.0828. The zero-order valence-electron chi connectivity index (χ0n) is 11.6. The lowest BCUT2D eigenvalue weighted by Crippen LogP contribution is -2.59. The zero-order chi connectivity index (χ0) is 14.0. The van der Waals surface area contributed by atoms with E-state index in [1.807, 2.05) is 24.3 Å². The van der Waals surface area contributed by atoms with Gasteiger partial charge in [-0.1, -0.05) is 29.8 Å². The van der Waals surface area contributed by atoms with E-state index in [0.29, 0.717) is 23.0 Å². The number of hydrogen-bond acceptors (Lipinski definition) is 2. The van der Waals surface area contributed by atoms with Crippen LogP contribution in [0.4, 0.5) is 0 Å². The van der Waals surface area contributed by atoms with Gasteiger partial charge >= 0.3 is 0 Å². The van der Waals surface area contributed by atoms with E-state index in [-0.39, 0.29) is 5.91 Å². The van der Waals surface area contributed by atoms with Gasteiger partial charge in [0.15, 0.2) is 0 Å². The molecular weight excluding hydrogens is 272 g/mol. The number of amides is 1. The number of carbonyl (C=O) groups excluding carboxylic acids is 1. The molecule has 1 aliphatic heterocycles. The van der Waals surface area contributed by atoms with Gasteiger partial charge in [-0.2, -0.15) is 0 Å². The quantitative estimate of drug-likeness (QED) is 0.899. The highest BCUT2D eigenvalue weighted by Crippen LogP contribution is 2.38. The van der Waals surface area contributed by atoms with E-state index >= 15 is 0 Å². The molecule has 0 radical (unpaired) electrons. The van der Waals surface area contributed by atoms with Crippen LogP contribution in [0.15, 0.2) is 24.3 Å². The SMILES string of the molecule is O=C(Cc1ccccc1Cl)NC1CCNC2(CCC2)C1. The molecule has 3 rings (SSSR count). The maximum absolute atomic E-state index is 12.2. The van der Waals surface area contributed by atoms with Crippen molar-refractivity contribution < 1.29 is 4.79 Å². The summed E-state index contributed by atoms with van der Waals surface area (Å²) in [7, 11) is 0. The monoisotopic (exact) mass is 292 g/mol. The van der Waals surface area contributed by atoms with E-state index in [0.717, 1.165) is 24.9 Å². The summed E-state index contributed by atoms with van der Waals surface area (Å²) in [5.74, 6) is 0.0828. The molecule has 0 aromatic heterocycles. The third-order valence-electron chi connectivity index (χ3n) is 4.61. The van der Waals surface area contributed by atoms with Crippen LogP contribution in [0.3, 0.4) is 0 Å². The molecule has 1 amide bonds. The van der Waals surface area contributed by atoms with Crippen molar-refractivity contribution in [2.45, 2.75) is 50.1 Å². The van der Waals surface area contributed by atoms with Crippen LogP contribution in [0.25, 0.3) is 0 Å². The van der Waals surface area contributed by atoms with Gasteiger partial charge in [0.2, 0.25) is 5.91 Å². The van der Waals surface area contributed by atoms with E-state index in [9.17, 15) is 4.79 Å². The van der Waals surface area contributed by atoms with E-state index in [2.05, 4.69) is 10.6 Å². The van der Waals surface area contributed by atoms with Gasteiger partial charge in [0.05, 0.1) is 6.42 Å². The molecule has 1 atom stereocenters.